The maximum absolute atomic E-state index is 12.9. The van der Waals surface area contributed by atoms with Crippen molar-refractivity contribution < 1.29 is 12.6 Å². The van der Waals surface area contributed by atoms with Crippen LogP contribution in [0.2, 0.25) is 0 Å². The molecule has 0 radical (unpaired) electrons. The summed E-state index contributed by atoms with van der Waals surface area (Å²) in [7, 11) is -3.78. The molecule has 0 N–H and O–H groups in total. The Balaban J connectivity index is 1.26. The molecule has 4 heteroatoms. The minimum Gasteiger partial charge on any atom is -0.266 e. The highest BCUT2D eigenvalue weighted by atomic mass is 32.2. The summed E-state index contributed by atoms with van der Waals surface area (Å²) < 4.78 is 31.3. The maximum Gasteiger partial charge on any atom is 0.297 e. The van der Waals surface area contributed by atoms with Crippen LogP contribution in [0.5, 0.6) is 0 Å². The Morgan fingerprint density at radius 1 is 0.556 bits per heavy atom. The van der Waals surface area contributed by atoms with Gasteiger partial charge in [0.15, 0.2) is 0 Å². The van der Waals surface area contributed by atoms with Gasteiger partial charge in [-0.3, -0.25) is 4.18 Å². The van der Waals surface area contributed by atoms with Crippen molar-refractivity contribution in [3.8, 4) is 0 Å². The molecule has 0 spiro atoms. The van der Waals surface area contributed by atoms with Gasteiger partial charge >= 0.3 is 0 Å². The quantitative estimate of drug-likeness (QED) is 0.0915. The zero-order valence-electron chi connectivity index (χ0n) is 22.3. The van der Waals surface area contributed by atoms with Crippen LogP contribution in [0, 0.1) is 0 Å². The highest BCUT2D eigenvalue weighted by molar-refractivity contribution is 7.87. The van der Waals surface area contributed by atoms with Gasteiger partial charge in [-0.2, -0.15) is 8.42 Å². The van der Waals surface area contributed by atoms with Crippen LogP contribution in [0.15, 0.2) is 59.5 Å². The van der Waals surface area contributed by atoms with Gasteiger partial charge in [-0.15, -0.1) is 0 Å². The standard InChI is InChI=1S/C32H46O3S/c1-2-3-4-5-6-7-8-9-10-11-12-13-14-15-16-19-25-35-36(33,34)32-24-20-23-30-26-28-21-17-18-22-29(28)27-31(30)32/h17-18,20-24,26-27H,2-16,19,25H2,1H3. The van der Waals surface area contributed by atoms with E-state index in [1.165, 1.54) is 83.5 Å². The van der Waals surface area contributed by atoms with Crippen LogP contribution in [0.4, 0.5) is 0 Å². The van der Waals surface area contributed by atoms with Gasteiger partial charge in [-0.05, 0) is 40.8 Å². The summed E-state index contributed by atoms with van der Waals surface area (Å²) in [6, 6.07) is 17.4. The Morgan fingerprint density at radius 3 is 1.58 bits per heavy atom. The second kappa shape index (κ2) is 16.0. The lowest BCUT2D eigenvalue weighted by molar-refractivity contribution is 0.306. The van der Waals surface area contributed by atoms with Gasteiger partial charge in [0, 0.05) is 5.39 Å². The van der Waals surface area contributed by atoms with E-state index in [1.807, 2.05) is 42.5 Å². The summed E-state index contributed by atoms with van der Waals surface area (Å²) in [4.78, 5) is 0.266. The van der Waals surface area contributed by atoms with Gasteiger partial charge in [-0.1, -0.05) is 140 Å². The lowest BCUT2D eigenvalue weighted by Gasteiger charge is -2.10. The largest absolute Gasteiger partial charge is 0.297 e. The molecule has 0 aliphatic carbocycles. The topological polar surface area (TPSA) is 43.4 Å². The Morgan fingerprint density at radius 2 is 1.03 bits per heavy atom. The molecule has 3 aromatic carbocycles. The van der Waals surface area contributed by atoms with Crippen molar-refractivity contribution >= 4 is 31.7 Å². The number of benzene rings is 3. The first-order valence-electron chi connectivity index (χ1n) is 14.4. The summed E-state index contributed by atoms with van der Waals surface area (Å²) >= 11 is 0. The van der Waals surface area contributed by atoms with Gasteiger partial charge in [0.1, 0.15) is 4.90 Å². The molecule has 3 aromatic rings. The molecule has 0 aliphatic rings. The first kappa shape index (κ1) is 28.7. The molecule has 0 saturated carbocycles. The van der Waals surface area contributed by atoms with Gasteiger partial charge in [0.25, 0.3) is 10.1 Å². The molecular weight excluding hydrogens is 464 g/mol. The number of hydrogen-bond donors (Lipinski definition) is 0. The van der Waals surface area contributed by atoms with Crippen molar-refractivity contribution in [3.63, 3.8) is 0 Å². The van der Waals surface area contributed by atoms with Crippen LogP contribution in [-0.4, -0.2) is 15.0 Å². The molecule has 3 nitrogen and oxygen atoms in total. The van der Waals surface area contributed by atoms with Crippen LogP contribution >= 0.6 is 0 Å². The van der Waals surface area contributed by atoms with Gasteiger partial charge in [-0.25, -0.2) is 0 Å². The van der Waals surface area contributed by atoms with E-state index in [9.17, 15) is 8.42 Å². The zero-order chi connectivity index (χ0) is 25.5. The molecule has 0 atom stereocenters. The van der Waals surface area contributed by atoms with Crippen molar-refractivity contribution in [3.05, 3.63) is 54.6 Å². The van der Waals surface area contributed by atoms with Gasteiger partial charge < -0.3 is 0 Å². The average Bonchev–Trinajstić information content (AvgIpc) is 2.88. The predicted molar refractivity (Wildman–Crippen MR) is 154 cm³/mol. The van der Waals surface area contributed by atoms with E-state index in [1.54, 1.807) is 12.1 Å². The smallest absolute Gasteiger partial charge is 0.266 e. The second-order valence-electron chi connectivity index (χ2n) is 10.3. The van der Waals surface area contributed by atoms with Crippen molar-refractivity contribution in [1.82, 2.24) is 0 Å². The van der Waals surface area contributed by atoms with Crippen LogP contribution in [0.1, 0.15) is 110 Å². The normalized spacial score (nSPS) is 12.0. The number of hydrogen-bond acceptors (Lipinski definition) is 3. The fraction of sp³-hybridized carbons (Fsp3) is 0.562. The Hall–Kier alpha value is -1.91. The van der Waals surface area contributed by atoms with Crippen LogP contribution in [-0.2, 0) is 14.3 Å². The SMILES string of the molecule is CCCCCCCCCCCCCCCCCCOS(=O)(=O)c1cccc2cc3ccccc3cc12. The van der Waals surface area contributed by atoms with Crippen molar-refractivity contribution in [1.29, 1.82) is 0 Å². The van der Waals surface area contributed by atoms with Crippen LogP contribution in [0.25, 0.3) is 21.5 Å². The predicted octanol–water partition coefficient (Wildman–Crippen LogP) is 9.96. The molecule has 36 heavy (non-hydrogen) atoms. The molecule has 0 fully saturated rings. The lowest BCUT2D eigenvalue weighted by atomic mass is 10.0. The lowest BCUT2D eigenvalue weighted by Crippen LogP contribution is -2.08. The molecule has 0 heterocycles. The Labute approximate surface area is 219 Å². The van der Waals surface area contributed by atoms with Gasteiger partial charge in [0.2, 0.25) is 0 Å². The molecule has 0 unspecified atom stereocenters. The average molecular weight is 511 g/mol. The first-order valence-corrected chi connectivity index (χ1v) is 15.8. The van der Waals surface area contributed by atoms with E-state index in [2.05, 4.69) is 6.92 Å². The minimum absolute atomic E-state index is 0.255. The summed E-state index contributed by atoms with van der Waals surface area (Å²) in [5.41, 5.74) is 0. The summed E-state index contributed by atoms with van der Waals surface area (Å²) in [6.07, 6.45) is 20.8. The molecule has 0 bridgehead atoms. The molecular formula is C32H46O3S. The Bertz CT molecular complexity index is 1140. The molecule has 3 rings (SSSR count). The molecule has 0 aliphatic heterocycles. The fourth-order valence-corrected chi connectivity index (χ4v) is 6.19. The number of rotatable bonds is 19. The van der Waals surface area contributed by atoms with E-state index >= 15 is 0 Å². The maximum atomic E-state index is 12.9. The zero-order valence-corrected chi connectivity index (χ0v) is 23.2. The van der Waals surface area contributed by atoms with E-state index in [-0.39, 0.29) is 11.5 Å². The second-order valence-corrected chi connectivity index (χ2v) is 11.8. The molecule has 0 aromatic heterocycles. The van der Waals surface area contributed by atoms with Gasteiger partial charge in [0.05, 0.1) is 6.61 Å². The number of fused-ring (bicyclic) bond motifs is 2. The summed E-state index contributed by atoms with van der Waals surface area (Å²) in [5.74, 6) is 0. The fourth-order valence-electron chi connectivity index (χ4n) is 5.04. The van der Waals surface area contributed by atoms with E-state index in [0.29, 0.717) is 0 Å². The third kappa shape index (κ3) is 9.52. The molecule has 0 amide bonds. The third-order valence-electron chi connectivity index (χ3n) is 7.21. The van der Waals surface area contributed by atoms with E-state index in [4.69, 9.17) is 4.18 Å². The molecule has 198 valence electrons. The van der Waals surface area contributed by atoms with Crippen molar-refractivity contribution in [2.45, 2.75) is 115 Å². The highest BCUT2D eigenvalue weighted by Gasteiger charge is 2.18. The highest BCUT2D eigenvalue weighted by Crippen LogP contribution is 2.29. The van der Waals surface area contributed by atoms with Crippen molar-refractivity contribution in [2.24, 2.45) is 0 Å². The van der Waals surface area contributed by atoms with Crippen LogP contribution in [0.3, 0.4) is 0 Å². The van der Waals surface area contributed by atoms with E-state index in [0.717, 1.165) is 40.8 Å². The van der Waals surface area contributed by atoms with Crippen LogP contribution < -0.4 is 0 Å². The summed E-state index contributed by atoms with van der Waals surface area (Å²) in [5, 5.41) is 3.78. The van der Waals surface area contributed by atoms with Crippen molar-refractivity contribution in [2.75, 3.05) is 6.61 Å². The first-order chi connectivity index (χ1) is 17.6. The minimum atomic E-state index is -3.78. The number of unbranched alkanes of at least 4 members (excludes halogenated alkanes) is 15. The van der Waals surface area contributed by atoms with E-state index < -0.39 is 10.1 Å². The monoisotopic (exact) mass is 510 g/mol. The molecule has 0 saturated heterocycles. The summed E-state index contributed by atoms with van der Waals surface area (Å²) in [6.45, 7) is 2.53. The Kier molecular flexibility index (Phi) is 12.8. The third-order valence-corrected chi connectivity index (χ3v) is 8.58.